The highest BCUT2D eigenvalue weighted by Crippen LogP contribution is 2.37. The Morgan fingerprint density at radius 3 is 2.53 bits per heavy atom. The summed E-state index contributed by atoms with van der Waals surface area (Å²) in [6, 6.07) is 12.0. The summed E-state index contributed by atoms with van der Waals surface area (Å²) in [7, 11) is 2.94. The standard InChI is InChI=1S/C32H31N3O9S/c1-7-42-31(37)28-18(4)33-32-34(29(28)19-8-12-24(43-17(2)3)26(14-19)41-6)30(36)27(45-32)16-21-10-13-23(44-21)22-11-9-20(35(38)39)15-25(22)40-5/h8-17,29H,7H2,1-6H3/b27-16-/t29-/m0/s1. The first kappa shape index (κ1) is 31.3. The van der Waals surface area contributed by atoms with Crippen molar-refractivity contribution in [1.82, 2.24) is 4.57 Å². The van der Waals surface area contributed by atoms with Gasteiger partial charge >= 0.3 is 5.97 Å². The van der Waals surface area contributed by atoms with E-state index in [9.17, 15) is 19.7 Å². The molecule has 0 saturated carbocycles. The second-order valence-corrected chi connectivity index (χ2v) is 11.2. The molecule has 13 heteroatoms. The summed E-state index contributed by atoms with van der Waals surface area (Å²) >= 11 is 1.15. The van der Waals surface area contributed by atoms with E-state index in [0.29, 0.717) is 49.2 Å². The Morgan fingerprint density at radius 2 is 1.87 bits per heavy atom. The molecule has 0 radical (unpaired) electrons. The highest BCUT2D eigenvalue weighted by molar-refractivity contribution is 7.07. The van der Waals surface area contributed by atoms with Gasteiger partial charge in [0.05, 0.1) is 65.3 Å². The second kappa shape index (κ2) is 12.8. The van der Waals surface area contributed by atoms with Crippen LogP contribution in [-0.4, -0.2) is 42.4 Å². The predicted molar refractivity (Wildman–Crippen MR) is 167 cm³/mol. The molecule has 4 aromatic rings. The fourth-order valence-corrected chi connectivity index (χ4v) is 6.04. The van der Waals surface area contributed by atoms with E-state index in [1.54, 1.807) is 56.3 Å². The van der Waals surface area contributed by atoms with E-state index < -0.39 is 16.9 Å². The molecule has 0 fully saturated rings. The van der Waals surface area contributed by atoms with Crippen LogP contribution in [-0.2, 0) is 9.53 Å². The number of aromatic nitrogens is 1. The predicted octanol–water partition coefficient (Wildman–Crippen LogP) is 4.77. The molecule has 0 unspecified atom stereocenters. The maximum Gasteiger partial charge on any atom is 0.338 e. The first-order chi connectivity index (χ1) is 21.6. The molecule has 1 aliphatic rings. The fraction of sp³-hybridized carbons (Fsp3) is 0.281. The number of hydrogen-bond donors (Lipinski definition) is 0. The summed E-state index contributed by atoms with van der Waals surface area (Å²) in [5.74, 6) is 1.44. The van der Waals surface area contributed by atoms with Gasteiger partial charge in [-0.15, -0.1) is 0 Å². The van der Waals surface area contributed by atoms with Crippen molar-refractivity contribution < 1.29 is 33.1 Å². The molecule has 0 spiro atoms. The number of nitrogens with zero attached hydrogens (tertiary/aromatic N) is 3. The van der Waals surface area contributed by atoms with Crippen molar-refractivity contribution in [2.24, 2.45) is 4.99 Å². The van der Waals surface area contributed by atoms with E-state index in [4.69, 9.17) is 23.4 Å². The van der Waals surface area contributed by atoms with Crippen LogP contribution >= 0.6 is 11.3 Å². The Hall–Kier alpha value is -5.17. The van der Waals surface area contributed by atoms with Crippen molar-refractivity contribution in [3.05, 3.63) is 101 Å². The Morgan fingerprint density at radius 1 is 1.11 bits per heavy atom. The number of carbonyl (C=O) groups excluding carboxylic acids is 1. The average molecular weight is 634 g/mol. The van der Waals surface area contributed by atoms with Gasteiger partial charge in [-0.3, -0.25) is 19.5 Å². The van der Waals surface area contributed by atoms with E-state index >= 15 is 0 Å². The molecule has 0 aliphatic carbocycles. The maximum atomic E-state index is 14.0. The van der Waals surface area contributed by atoms with Crippen molar-refractivity contribution >= 4 is 29.1 Å². The van der Waals surface area contributed by atoms with E-state index in [2.05, 4.69) is 4.99 Å². The van der Waals surface area contributed by atoms with Gasteiger partial charge in [0.25, 0.3) is 11.2 Å². The van der Waals surface area contributed by atoms with E-state index in [1.807, 2.05) is 13.8 Å². The largest absolute Gasteiger partial charge is 0.496 e. The van der Waals surface area contributed by atoms with Crippen LogP contribution in [0.4, 0.5) is 5.69 Å². The van der Waals surface area contributed by atoms with E-state index in [-0.39, 0.29) is 35.3 Å². The van der Waals surface area contributed by atoms with Gasteiger partial charge in [-0.1, -0.05) is 17.4 Å². The van der Waals surface area contributed by atoms with Gasteiger partial charge < -0.3 is 23.4 Å². The normalized spacial score (nSPS) is 14.6. The number of benzene rings is 2. The molecule has 1 atom stereocenters. The number of methoxy groups -OCH3 is 2. The minimum atomic E-state index is -0.846. The molecule has 0 N–H and O–H groups in total. The summed E-state index contributed by atoms with van der Waals surface area (Å²) in [4.78, 5) is 42.9. The van der Waals surface area contributed by atoms with Crippen LogP contribution in [0.25, 0.3) is 17.4 Å². The van der Waals surface area contributed by atoms with Crippen LogP contribution < -0.4 is 29.1 Å². The van der Waals surface area contributed by atoms with Crippen molar-refractivity contribution in [1.29, 1.82) is 0 Å². The lowest BCUT2D eigenvalue weighted by Gasteiger charge is -2.25. The molecule has 2 aromatic heterocycles. The highest BCUT2D eigenvalue weighted by atomic mass is 32.1. The number of furan rings is 1. The number of ether oxygens (including phenoxy) is 4. The lowest BCUT2D eigenvalue weighted by Crippen LogP contribution is -2.40. The number of nitro groups is 1. The molecule has 234 valence electrons. The fourth-order valence-electron chi connectivity index (χ4n) is 5.01. The minimum Gasteiger partial charge on any atom is -0.496 e. The summed E-state index contributed by atoms with van der Waals surface area (Å²) in [6.45, 7) is 7.38. The van der Waals surface area contributed by atoms with Crippen molar-refractivity contribution in [2.45, 2.75) is 39.8 Å². The first-order valence-corrected chi connectivity index (χ1v) is 14.8. The number of fused-ring (bicyclic) bond motifs is 1. The van der Waals surface area contributed by atoms with Crippen molar-refractivity contribution in [2.75, 3.05) is 20.8 Å². The number of esters is 1. The SMILES string of the molecule is CCOC(=O)C1=C(C)N=c2s/c(=C\c3ccc(-c4ccc([N+](=O)[O-])cc4OC)o3)c(=O)n2[C@H]1c1ccc(OC(C)C)c(OC)c1. The van der Waals surface area contributed by atoms with Crippen LogP contribution in [0.15, 0.2) is 74.0 Å². The van der Waals surface area contributed by atoms with Gasteiger partial charge in [-0.05, 0) is 63.6 Å². The van der Waals surface area contributed by atoms with Crippen LogP contribution in [0.1, 0.15) is 45.1 Å². The molecule has 5 rings (SSSR count). The zero-order valence-corrected chi connectivity index (χ0v) is 26.3. The smallest absolute Gasteiger partial charge is 0.338 e. The summed E-state index contributed by atoms with van der Waals surface area (Å²) in [5, 5.41) is 11.2. The molecule has 0 bridgehead atoms. The Bertz CT molecular complexity index is 2000. The number of non-ortho nitro benzene ring substituents is 1. The summed E-state index contributed by atoms with van der Waals surface area (Å²) in [6.07, 6.45) is 1.49. The number of rotatable bonds is 10. The third-order valence-corrected chi connectivity index (χ3v) is 7.93. The topological polar surface area (TPSA) is 145 Å². The minimum absolute atomic E-state index is 0.0942. The number of thiazole rings is 1. The van der Waals surface area contributed by atoms with Crippen LogP contribution in [0.5, 0.6) is 17.2 Å². The zero-order valence-electron chi connectivity index (χ0n) is 25.5. The summed E-state index contributed by atoms with van der Waals surface area (Å²) in [5.41, 5.74) is 1.29. The molecule has 0 saturated heterocycles. The van der Waals surface area contributed by atoms with Gasteiger partial charge in [-0.25, -0.2) is 9.79 Å². The third kappa shape index (κ3) is 6.11. The summed E-state index contributed by atoms with van der Waals surface area (Å²) < 4.78 is 30.0. The average Bonchev–Trinajstić information content (AvgIpc) is 3.59. The molecule has 0 amide bonds. The molecular weight excluding hydrogens is 602 g/mol. The van der Waals surface area contributed by atoms with Gasteiger partial charge in [0.2, 0.25) is 0 Å². The Kier molecular flexibility index (Phi) is 8.91. The van der Waals surface area contributed by atoms with Crippen molar-refractivity contribution in [3.8, 4) is 28.6 Å². The molecule has 2 aromatic carbocycles. The molecule has 12 nitrogen and oxygen atoms in total. The highest BCUT2D eigenvalue weighted by Gasteiger charge is 2.34. The van der Waals surface area contributed by atoms with Gasteiger partial charge in [0.15, 0.2) is 16.3 Å². The number of carbonyl (C=O) groups is 1. The molecule has 1 aliphatic heterocycles. The van der Waals surface area contributed by atoms with Gasteiger partial charge in [-0.2, -0.15) is 0 Å². The van der Waals surface area contributed by atoms with Gasteiger partial charge in [0.1, 0.15) is 17.3 Å². The lowest BCUT2D eigenvalue weighted by molar-refractivity contribution is -0.384. The first-order valence-electron chi connectivity index (χ1n) is 14.0. The Labute approximate surface area is 261 Å². The van der Waals surface area contributed by atoms with Gasteiger partial charge in [0, 0.05) is 12.1 Å². The lowest BCUT2D eigenvalue weighted by atomic mass is 9.95. The van der Waals surface area contributed by atoms with Crippen molar-refractivity contribution in [3.63, 3.8) is 0 Å². The Balaban J connectivity index is 1.62. The second-order valence-electron chi connectivity index (χ2n) is 10.2. The van der Waals surface area contributed by atoms with E-state index in [1.165, 1.54) is 30.9 Å². The van der Waals surface area contributed by atoms with E-state index in [0.717, 1.165) is 11.3 Å². The maximum absolute atomic E-state index is 14.0. The third-order valence-electron chi connectivity index (χ3n) is 6.94. The molecule has 3 heterocycles. The quantitative estimate of drug-likeness (QED) is 0.137. The van der Waals surface area contributed by atoms with Crippen LogP contribution in [0, 0.1) is 10.1 Å². The zero-order chi connectivity index (χ0) is 32.4. The number of hydrogen-bond acceptors (Lipinski definition) is 11. The molecule has 45 heavy (non-hydrogen) atoms. The number of nitro benzene ring substituents is 1. The van der Waals surface area contributed by atoms with Crippen LogP contribution in [0.2, 0.25) is 0 Å². The monoisotopic (exact) mass is 633 g/mol. The van der Waals surface area contributed by atoms with Crippen LogP contribution in [0.3, 0.4) is 0 Å². The number of allylic oxidation sites excluding steroid dienone is 1. The molecular formula is C32H31N3O9S.